The fourth-order valence-corrected chi connectivity index (χ4v) is 3.40. The van der Waals surface area contributed by atoms with Gasteiger partial charge in [0.25, 0.3) is 0 Å². The van der Waals surface area contributed by atoms with Crippen molar-refractivity contribution in [3.05, 3.63) is 95.8 Å². The average Bonchev–Trinajstić information content (AvgIpc) is 3.15. The number of nitrogens with zero attached hydrogens (tertiary/aromatic N) is 3. The predicted molar refractivity (Wildman–Crippen MR) is 110 cm³/mol. The third kappa shape index (κ3) is 3.56. The minimum atomic E-state index is -0.229. The summed E-state index contributed by atoms with van der Waals surface area (Å²) in [6, 6.07) is 25.5. The lowest BCUT2D eigenvalue weighted by Crippen LogP contribution is -2.18. The predicted octanol–water partition coefficient (Wildman–Crippen LogP) is 5.25. The number of hydrazone groups is 1. The Labute approximate surface area is 159 Å². The van der Waals surface area contributed by atoms with E-state index in [9.17, 15) is 4.39 Å². The van der Waals surface area contributed by atoms with Crippen LogP contribution in [0.1, 0.15) is 23.6 Å². The quantitative estimate of drug-likeness (QED) is 0.634. The second kappa shape index (κ2) is 7.23. The van der Waals surface area contributed by atoms with Crippen molar-refractivity contribution in [3.8, 4) is 0 Å². The van der Waals surface area contributed by atoms with Gasteiger partial charge in [-0.3, -0.25) is 5.01 Å². The smallest absolute Gasteiger partial charge is 0.123 e. The van der Waals surface area contributed by atoms with E-state index in [1.54, 1.807) is 12.1 Å². The highest BCUT2D eigenvalue weighted by Gasteiger charge is 2.29. The largest absolute Gasteiger partial charge is 0.378 e. The van der Waals surface area contributed by atoms with E-state index in [-0.39, 0.29) is 11.9 Å². The minimum Gasteiger partial charge on any atom is -0.378 e. The second-order valence-corrected chi connectivity index (χ2v) is 6.94. The fourth-order valence-electron chi connectivity index (χ4n) is 3.40. The Kier molecular flexibility index (Phi) is 4.63. The molecule has 1 heterocycles. The van der Waals surface area contributed by atoms with Gasteiger partial charge in [-0.15, -0.1) is 0 Å². The number of anilines is 2. The Hall–Kier alpha value is -3.14. The number of halogens is 1. The highest BCUT2D eigenvalue weighted by molar-refractivity contribution is 6.03. The van der Waals surface area contributed by atoms with Crippen LogP contribution in [0.2, 0.25) is 0 Å². The molecular formula is C23H22FN3. The maximum absolute atomic E-state index is 13.3. The zero-order valence-corrected chi connectivity index (χ0v) is 15.5. The molecule has 3 aromatic rings. The van der Waals surface area contributed by atoms with Crippen LogP contribution in [-0.4, -0.2) is 19.8 Å². The second-order valence-electron chi connectivity index (χ2n) is 6.94. The Bertz CT molecular complexity index is 932. The van der Waals surface area contributed by atoms with E-state index >= 15 is 0 Å². The van der Waals surface area contributed by atoms with Gasteiger partial charge in [-0.05, 0) is 47.5 Å². The Morgan fingerprint density at radius 3 is 2.19 bits per heavy atom. The molecule has 1 aliphatic rings. The Morgan fingerprint density at radius 2 is 1.56 bits per heavy atom. The van der Waals surface area contributed by atoms with Crippen LogP contribution < -0.4 is 9.91 Å². The number of rotatable bonds is 4. The molecule has 0 radical (unpaired) electrons. The lowest BCUT2D eigenvalue weighted by molar-refractivity contribution is 0.627. The summed E-state index contributed by atoms with van der Waals surface area (Å²) in [6.07, 6.45) is 0.780. The van der Waals surface area contributed by atoms with E-state index in [1.165, 1.54) is 23.4 Å². The molecule has 27 heavy (non-hydrogen) atoms. The van der Waals surface area contributed by atoms with E-state index in [4.69, 9.17) is 5.10 Å². The van der Waals surface area contributed by atoms with Gasteiger partial charge in [0, 0.05) is 26.2 Å². The van der Waals surface area contributed by atoms with Crippen LogP contribution in [-0.2, 0) is 0 Å². The number of hydrogen-bond acceptors (Lipinski definition) is 3. The molecular weight excluding hydrogens is 337 g/mol. The topological polar surface area (TPSA) is 18.8 Å². The summed E-state index contributed by atoms with van der Waals surface area (Å²) >= 11 is 0. The Balaban J connectivity index is 1.70. The van der Waals surface area contributed by atoms with Crippen LogP contribution in [0.3, 0.4) is 0 Å². The number of benzene rings is 3. The normalized spacial score (nSPS) is 16.3. The Morgan fingerprint density at radius 1 is 0.889 bits per heavy atom. The molecule has 0 N–H and O–H groups in total. The molecule has 0 saturated carbocycles. The molecule has 0 bridgehead atoms. The monoisotopic (exact) mass is 359 g/mol. The summed E-state index contributed by atoms with van der Waals surface area (Å²) in [5.74, 6) is -0.229. The van der Waals surface area contributed by atoms with Gasteiger partial charge in [0.15, 0.2) is 0 Å². The first-order valence-electron chi connectivity index (χ1n) is 9.07. The zero-order valence-electron chi connectivity index (χ0n) is 15.5. The highest BCUT2D eigenvalue weighted by Crippen LogP contribution is 2.37. The maximum Gasteiger partial charge on any atom is 0.123 e. The van der Waals surface area contributed by atoms with Crippen molar-refractivity contribution in [1.82, 2.24) is 0 Å². The summed E-state index contributed by atoms with van der Waals surface area (Å²) < 4.78 is 13.3. The van der Waals surface area contributed by atoms with E-state index < -0.39 is 0 Å². The van der Waals surface area contributed by atoms with Crippen molar-refractivity contribution < 1.29 is 4.39 Å². The van der Waals surface area contributed by atoms with Gasteiger partial charge in [-0.1, -0.05) is 42.5 Å². The van der Waals surface area contributed by atoms with Crippen LogP contribution >= 0.6 is 0 Å². The highest BCUT2D eigenvalue weighted by atomic mass is 19.1. The van der Waals surface area contributed by atoms with Crippen LogP contribution in [0.15, 0.2) is 84.0 Å². The average molecular weight is 359 g/mol. The molecule has 1 aliphatic heterocycles. The van der Waals surface area contributed by atoms with Crippen molar-refractivity contribution in [2.24, 2.45) is 5.10 Å². The molecule has 1 unspecified atom stereocenters. The fraction of sp³-hybridized carbons (Fsp3) is 0.174. The molecule has 136 valence electrons. The van der Waals surface area contributed by atoms with Gasteiger partial charge in [-0.2, -0.15) is 5.10 Å². The summed E-state index contributed by atoms with van der Waals surface area (Å²) in [5, 5.41) is 6.96. The molecule has 0 aromatic heterocycles. The number of hydrogen-bond donors (Lipinski definition) is 0. The molecule has 0 fully saturated rings. The van der Waals surface area contributed by atoms with Gasteiger partial charge in [0.1, 0.15) is 5.82 Å². The van der Waals surface area contributed by atoms with Gasteiger partial charge in [-0.25, -0.2) is 4.39 Å². The van der Waals surface area contributed by atoms with Crippen molar-refractivity contribution in [1.29, 1.82) is 0 Å². The SMILES string of the molecule is CN(C)c1ccc(C2CC(c3ccc(F)cc3)=NN2c2ccccc2)cc1. The van der Waals surface area contributed by atoms with E-state index in [2.05, 4.69) is 46.3 Å². The molecule has 1 atom stereocenters. The van der Waals surface area contributed by atoms with Crippen molar-refractivity contribution in [2.75, 3.05) is 24.0 Å². The third-order valence-corrected chi connectivity index (χ3v) is 4.90. The van der Waals surface area contributed by atoms with E-state index in [1.807, 2.05) is 32.3 Å². The third-order valence-electron chi connectivity index (χ3n) is 4.90. The van der Waals surface area contributed by atoms with Gasteiger partial charge in [0.2, 0.25) is 0 Å². The first kappa shape index (κ1) is 17.3. The molecule has 3 aromatic carbocycles. The summed E-state index contributed by atoms with van der Waals surface area (Å²) in [6.45, 7) is 0. The minimum absolute atomic E-state index is 0.115. The maximum atomic E-state index is 13.3. The van der Waals surface area contributed by atoms with Crippen LogP contribution in [0.5, 0.6) is 0 Å². The van der Waals surface area contributed by atoms with Crippen LogP contribution in [0.4, 0.5) is 15.8 Å². The molecule has 0 aliphatic carbocycles. The molecule has 0 spiro atoms. The molecule has 0 saturated heterocycles. The zero-order chi connectivity index (χ0) is 18.8. The summed E-state index contributed by atoms with van der Waals surface area (Å²) in [4.78, 5) is 2.09. The molecule has 4 heteroatoms. The van der Waals surface area contributed by atoms with E-state index in [0.717, 1.165) is 23.4 Å². The molecule has 3 nitrogen and oxygen atoms in total. The standard InChI is InChI=1S/C23H22FN3/c1-26(2)20-14-10-18(11-15-20)23-16-22(17-8-12-19(24)13-9-17)25-27(23)21-6-4-3-5-7-21/h3-15,23H,16H2,1-2H3. The number of para-hydroxylation sites is 1. The van der Waals surface area contributed by atoms with Gasteiger partial charge >= 0.3 is 0 Å². The lowest BCUT2D eigenvalue weighted by Gasteiger charge is -2.24. The van der Waals surface area contributed by atoms with Crippen molar-refractivity contribution in [3.63, 3.8) is 0 Å². The first-order valence-corrected chi connectivity index (χ1v) is 9.07. The summed E-state index contributed by atoms with van der Waals surface area (Å²) in [7, 11) is 4.08. The lowest BCUT2D eigenvalue weighted by atomic mass is 9.98. The van der Waals surface area contributed by atoms with Gasteiger partial charge < -0.3 is 4.90 Å². The molecule has 4 rings (SSSR count). The van der Waals surface area contributed by atoms with Gasteiger partial charge in [0.05, 0.1) is 17.4 Å². The summed E-state index contributed by atoms with van der Waals surface area (Å²) in [5.41, 5.74) is 5.37. The van der Waals surface area contributed by atoms with Crippen LogP contribution in [0.25, 0.3) is 0 Å². The first-order chi connectivity index (χ1) is 13.1. The van der Waals surface area contributed by atoms with Crippen LogP contribution in [0, 0.1) is 5.82 Å². The van der Waals surface area contributed by atoms with Crippen molar-refractivity contribution in [2.45, 2.75) is 12.5 Å². The van der Waals surface area contributed by atoms with Crippen molar-refractivity contribution >= 4 is 17.1 Å². The van der Waals surface area contributed by atoms with E-state index in [0.29, 0.717) is 0 Å². The molecule has 0 amide bonds.